The molecular weight excluding hydrogens is 150 g/mol. The summed E-state index contributed by atoms with van der Waals surface area (Å²) in [4.78, 5) is 0. The van der Waals surface area contributed by atoms with Crippen molar-refractivity contribution in [3.05, 3.63) is 0 Å². The summed E-state index contributed by atoms with van der Waals surface area (Å²) in [6.45, 7) is -1.86. The molecule has 0 aromatic carbocycles. The second-order valence-electron chi connectivity index (χ2n) is 1.53. The van der Waals surface area contributed by atoms with Crippen LogP contribution in [0.3, 0.4) is 0 Å². The van der Waals surface area contributed by atoms with Gasteiger partial charge in [0.2, 0.25) is 0 Å². The van der Waals surface area contributed by atoms with E-state index in [1.807, 2.05) is 0 Å². The first kappa shape index (κ1) is 8.81. The lowest BCUT2D eigenvalue weighted by molar-refractivity contribution is 0.501. The van der Waals surface area contributed by atoms with Crippen LogP contribution in [0.2, 0.25) is 0 Å². The average Bonchev–Trinajstić information content (AvgIpc) is 1.64. The zero-order valence-electron chi connectivity index (χ0n) is 4.81. The molecule has 0 unspecified atom stereocenters. The third-order valence-corrected chi connectivity index (χ3v) is 2.33. The Morgan fingerprint density at radius 2 is 1.33 bits per heavy atom. The predicted molar refractivity (Wildman–Crippen MR) is 30.6 cm³/mol. The summed E-state index contributed by atoms with van der Waals surface area (Å²) < 4.78 is 43.3. The number of sulfone groups is 1. The largest absolute Gasteiger partial charge is 0.250 e. The van der Waals surface area contributed by atoms with E-state index in [1.54, 1.807) is 0 Å². The van der Waals surface area contributed by atoms with E-state index < -0.39 is 34.7 Å². The van der Waals surface area contributed by atoms with Gasteiger partial charge in [0.05, 0.1) is 11.5 Å². The van der Waals surface area contributed by atoms with Gasteiger partial charge in [-0.25, -0.2) is 17.2 Å². The van der Waals surface area contributed by atoms with E-state index in [9.17, 15) is 17.2 Å². The Balaban J connectivity index is 3.73. The van der Waals surface area contributed by atoms with Gasteiger partial charge in [-0.1, -0.05) is 0 Å². The third-order valence-electron chi connectivity index (χ3n) is 0.776. The van der Waals surface area contributed by atoms with Crippen molar-refractivity contribution in [2.24, 2.45) is 0 Å². The molecule has 0 saturated heterocycles. The summed E-state index contributed by atoms with van der Waals surface area (Å²) >= 11 is 0. The highest BCUT2D eigenvalue weighted by Gasteiger charge is 2.08. The van der Waals surface area contributed by atoms with Crippen molar-refractivity contribution < 1.29 is 17.2 Å². The molecule has 56 valence electrons. The van der Waals surface area contributed by atoms with Crippen LogP contribution >= 0.6 is 0 Å². The van der Waals surface area contributed by atoms with Gasteiger partial charge in [-0.2, -0.15) is 0 Å². The van der Waals surface area contributed by atoms with Crippen molar-refractivity contribution in [3.63, 3.8) is 0 Å². The maximum absolute atomic E-state index is 11.3. The third kappa shape index (κ3) is 4.32. The van der Waals surface area contributed by atoms with Crippen molar-refractivity contribution >= 4 is 9.84 Å². The van der Waals surface area contributed by atoms with Gasteiger partial charge in [0.1, 0.15) is 13.3 Å². The first-order chi connectivity index (χ1) is 4.12. The van der Waals surface area contributed by atoms with E-state index in [0.717, 1.165) is 0 Å². The minimum Gasteiger partial charge on any atom is -0.250 e. The summed E-state index contributed by atoms with van der Waals surface area (Å²) in [5, 5.41) is 0. The molecule has 0 N–H and O–H groups in total. The number of rotatable bonds is 4. The maximum Gasteiger partial charge on any atom is 0.155 e. The number of halogens is 2. The van der Waals surface area contributed by atoms with E-state index in [-0.39, 0.29) is 0 Å². The van der Waals surface area contributed by atoms with Crippen LogP contribution in [0.5, 0.6) is 0 Å². The molecule has 0 aromatic rings. The van der Waals surface area contributed by atoms with Crippen LogP contribution in [0.4, 0.5) is 8.78 Å². The summed E-state index contributed by atoms with van der Waals surface area (Å²) in [6, 6.07) is 0. The molecule has 0 aliphatic carbocycles. The lowest BCUT2D eigenvalue weighted by Gasteiger charge is -1.94. The van der Waals surface area contributed by atoms with Crippen LogP contribution in [-0.4, -0.2) is 33.3 Å². The molecule has 2 nitrogen and oxygen atoms in total. The fourth-order valence-electron chi connectivity index (χ4n) is 0.337. The highest BCUT2D eigenvalue weighted by molar-refractivity contribution is 7.91. The SMILES string of the molecule is O=S(=O)(CCF)CCF. The molecule has 0 aliphatic rings. The molecule has 0 heterocycles. The summed E-state index contributed by atoms with van der Waals surface area (Å²) in [5.74, 6) is -1.12. The van der Waals surface area contributed by atoms with E-state index in [0.29, 0.717) is 0 Å². The van der Waals surface area contributed by atoms with Crippen molar-refractivity contribution in [3.8, 4) is 0 Å². The monoisotopic (exact) mass is 158 g/mol. The van der Waals surface area contributed by atoms with Crippen LogP contribution in [0.1, 0.15) is 0 Å². The Kier molecular flexibility index (Phi) is 3.68. The molecule has 5 heteroatoms. The lowest BCUT2D eigenvalue weighted by Crippen LogP contribution is -2.13. The first-order valence-corrected chi connectivity index (χ1v) is 4.27. The van der Waals surface area contributed by atoms with Crippen molar-refractivity contribution in [1.82, 2.24) is 0 Å². The highest BCUT2D eigenvalue weighted by atomic mass is 32.2. The fraction of sp³-hybridized carbons (Fsp3) is 1.00. The Morgan fingerprint density at radius 1 is 1.00 bits per heavy atom. The Bertz CT molecular complexity index is 140. The number of hydrogen-bond acceptors (Lipinski definition) is 2. The van der Waals surface area contributed by atoms with Crippen LogP contribution in [0.15, 0.2) is 0 Å². The minimum atomic E-state index is -3.43. The second-order valence-corrected chi connectivity index (χ2v) is 3.83. The van der Waals surface area contributed by atoms with E-state index in [1.165, 1.54) is 0 Å². The fourth-order valence-corrected chi connectivity index (χ4v) is 1.01. The van der Waals surface area contributed by atoms with Gasteiger partial charge in [0.25, 0.3) is 0 Å². The quantitative estimate of drug-likeness (QED) is 0.591. The standard InChI is InChI=1S/C4H8F2O2S/c5-1-3-9(7,8)4-2-6/h1-4H2. The first-order valence-electron chi connectivity index (χ1n) is 2.45. The molecule has 0 spiro atoms. The molecule has 0 saturated carbocycles. The normalized spacial score (nSPS) is 11.8. The zero-order valence-corrected chi connectivity index (χ0v) is 5.63. The van der Waals surface area contributed by atoms with Gasteiger partial charge in [-0.3, -0.25) is 0 Å². The molecule has 0 bridgehead atoms. The molecule has 0 radical (unpaired) electrons. The smallest absolute Gasteiger partial charge is 0.155 e. The van der Waals surface area contributed by atoms with Gasteiger partial charge >= 0.3 is 0 Å². The Hall–Kier alpha value is -0.190. The molecule has 9 heavy (non-hydrogen) atoms. The summed E-state index contributed by atoms with van der Waals surface area (Å²) in [7, 11) is -3.43. The van der Waals surface area contributed by atoms with Crippen LogP contribution in [0, 0.1) is 0 Å². The van der Waals surface area contributed by atoms with Gasteiger partial charge in [0.15, 0.2) is 9.84 Å². The minimum absolute atomic E-state index is 0.559. The number of hydrogen-bond donors (Lipinski definition) is 0. The van der Waals surface area contributed by atoms with Gasteiger partial charge in [-0.05, 0) is 0 Å². The molecule has 0 fully saturated rings. The molecule has 0 rings (SSSR count). The van der Waals surface area contributed by atoms with Crippen molar-refractivity contribution in [1.29, 1.82) is 0 Å². The van der Waals surface area contributed by atoms with E-state index in [2.05, 4.69) is 0 Å². The van der Waals surface area contributed by atoms with Gasteiger partial charge in [0, 0.05) is 0 Å². The topological polar surface area (TPSA) is 34.1 Å². The van der Waals surface area contributed by atoms with Crippen LogP contribution in [0.25, 0.3) is 0 Å². The van der Waals surface area contributed by atoms with Gasteiger partial charge in [-0.15, -0.1) is 0 Å². The highest BCUT2D eigenvalue weighted by Crippen LogP contribution is 1.89. The number of alkyl halides is 2. The van der Waals surface area contributed by atoms with Gasteiger partial charge < -0.3 is 0 Å². The molecule has 0 amide bonds. The van der Waals surface area contributed by atoms with E-state index in [4.69, 9.17) is 0 Å². The average molecular weight is 158 g/mol. The molecule has 0 atom stereocenters. The summed E-state index contributed by atoms with van der Waals surface area (Å²) in [6.07, 6.45) is 0. The zero-order chi connectivity index (χ0) is 7.33. The predicted octanol–water partition coefficient (Wildman–Crippen LogP) is 0.340. The van der Waals surface area contributed by atoms with Crippen LogP contribution < -0.4 is 0 Å². The Labute approximate surface area is 52.8 Å². The van der Waals surface area contributed by atoms with Crippen molar-refractivity contribution in [2.45, 2.75) is 0 Å². The van der Waals surface area contributed by atoms with Crippen LogP contribution in [-0.2, 0) is 9.84 Å². The molecular formula is C4H8F2O2S. The summed E-state index contributed by atoms with van der Waals surface area (Å²) in [5.41, 5.74) is 0. The second kappa shape index (κ2) is 3.76. The lowest BCUT2D eigenvalue weighted by atomic mass is 10.9. The molecule has 0 aromatic heterocycles. The molecule has 0 aliphatic heterocycles. The Morgan fingerprint density at radius 3 is 1.56 bits per heavy atom. The van der Waals surface area contributed by atoms with E-state index >= 15 is 0 Å². The van der Waals surface area contributed by atoms with Crippen molar-refractivity contribution in [2.75, 3.05) is 24.9 Å². The maximum atomic E-state index is 11.3.